The Bertz CT molecular complexity index is 4170. The number of fused-ring (bicyclic) bond motifs is 9. The second kappa shape index (κ2) is 42.9. The van der Waals surface area contributed by atoms with E-state index in [1.54, 1.807) is 20.8 Å². The van der Waals surface area contributed by atoms with E-state index in [2.05, 4.69) is 27.7 Å². The van der Waals surface area contributed by atoms with Crippen molar-refractivity contribution in [1.29, 1.82) is 0 Å². The van der Waals surface area contributed by atoms with Gasteiger partial charge in [0.2, 0.25) is 0 Å². The van der Waals surface area contributed by atoms with Gasteiger partial charge in [0.15, 0.2) is 25.9 Å². The van der Waals surface area contributed by atoms with E-state index in [1.807, 2.05) is 104 Å². The molecule has 0 amide bonds. The Labute approximate surface area is 820 Å². The predicted molar refractivity (Wildman–Crippen MR) is 515 cm³/mol. The first-order chi connectivity index (χ1) is 64.3. The summed E-state index contributed by atoms with van der Waals surface area (Å²) in [4.78, 5) is 149. The van der Waals surface area contributed by atoms with Crippen molar-refractivity contribution in [3.8, 4) is 0 Å². The molecule has 21 rings (SSSR count). The van der Waals surface area contributed by atoms with Crippen LogP contribution >= 0.6 is 0 Å². The fraction of sp³-hybridized carbons (Fsp3) is 0.894. The maximum Gasteiger partial charge on any atom is 0.347 e. The Morgan fingerprint density at radius 1 is 0.328 bits per heavy atom. The summed E-state index contributed by atoms with van der Waals surface area (Å²) in [5, 5.41) is 0. The van der Waals surface area contributed by atoms with E-state index < -0.39 is 75.1 Å². The van der Waals surface area contributed by atoms with E-state index in [9.17, 15) is 57.5 Å². The van der Waals surface area contributed by atoms with Gasteiger partial charge in [-0.3, -0.25) is 38.4 Å². The van der Waals surface area contributed by atoms with Crippen LogP contribution in [0.4, 0.5) is 0 Å². The molecule has 0 saturated heterocycles. The average Bonchev–Trinajstić information content (AvgIpc) is 1.53. The van der Waals surface area contributed by atoms with Gasteiger partial charge in [0.25, 0.3) is 0 Å². The van der Waals surface area contributed by atoms with Crippen molar-refractivity contribution in [2.24, 2.45) is 169 Å². The summed E-state index contributed by atoms with van der Waals surface area (Å²) in [6, 6.07) is 0. The van der Waals surface area contributed by atoms with Crippen LogP contribution in [0.15, 0.2) is 0 Å². The van der Waals surface area contributed by atoms with Gasteiger partial charge in [-0.1, -0.05) is 54.4 Å². The molecule has 0 heterocycles. The molecule has 10 unspecified atom stereocenters. The molecule has 10 atom stereocenters. The lowest BCUT2D eigenvalue weighted by molar-refractivity contribution is -0.213. The second-order valence-electron chi connectivity index (χ2n) is 51.2. The Balaban J connectivity index is 0.000000147. The van der Waals surface area contributed by atoms with E-state index in [0.29, 0.717) is 99.4 Å². The first-order valence-corrected chi connectivity index (χ1v) is 54.6. The zero-order valence-corrected chi connectivity index (χ0v) is 88.3. The van der Waals surface area contributed by atoms with Crippen molar-refractivity contribution < 1.29 is 114 Å². The van der Waals surface area contributed by atoms with Crippen LogP contribution in [0, 0.1) is 169 Å². The third-order valence-electron chi connectivity index (χ3n) is 40.2. The fourth-order valence-corrected chi connectivity index (χ4v) is 30.4. The summed E-state index contributed by atoms with van der Waals surface area (Å²) in [5.41, 5.74) is -4.59. The molecule has 21 fully saturated rings. The maximum atomic E-state index is 13.0. The highest BCUT2D eigenvalue weighted by Gasteiger charge is 2.69. The van der Waals surface area contributed by atoms with Crippen LogP contribution < -0.4 is 0 Å². The Morgan fingerprint density at radius 2 is 0.672 bits per heavy atom. The minimum Gasteiger partial charge on any atom is -0.465 e. The summed E-state index contributed by atoms with van der Waals surface area (Å²) in [6.45, 7) is 41.6. The van der Waals surface area contributed by atoms with Crippen LogP contribution in [0.2, 0.25) is 0 Å². The van der Waals surface area contributed by atoms with Gasteiger partial charge in [0, 0.05) is 17.8 Å². The van der Waals surface area contributed by atoms with Crippen molar-refractivity contribution >= 4 is 71.6 Å². The van der Waals surface area contributed by atoms with E-state index in [0.717, 1.165) is 134 Å². The van der Waals surface area contributed by atoms with Crippen LogP contribution in [0.1, 0.15) is 396 Å². The number of rotatable bonds is 34. The van der Waals surface area contributed by atoms with Crippen molar-refractivity contribution in [2.45, 2.75) is 430 Å². The molecule has 20 bridgehead atoms. The third-order valence-corrected chi connectivity index (χ3v) is 40.2. The van der Waals surface area contributed by atoms with Gasteiger partial charge in [-0.05, 0) is 454 Å². The van der Waals surface area contributed by atoms with Crippen LogP contribution in [-0.2, 0) is 114 Å². The van der Waals surface area contributed by atoms with Crippen LogP contribution in [0.25, 0.3) is 0 Å². The number of ether oxygens (including phenoxy) is 12. The topological polar surface area (TPSA) is 316 Å². The minimum atomic E-state index is -0.836. The van der Waals surface area contributed by atoms with Crippen molar-refractivity contribution in [3.63, 3.8) is 0 Å². The number of hydrogen-bond donors (Lipinski definition) is 0. The highest BCUT2D eigenvalue weighted by molar-refractivity contribution is 5.85. The fourth-order valence-electron chi connectivity index (χ4n) is 30.4. The van der Waals surface area contributed by atoms with Crippen LogP contribution in [0.3, 0.4) is 0 Å². The SMILES string of the molecule is CCC(C)(C)C(=O)OC(C)C(=O)OC1(C)C2CC3CC(C2)CC1C3.CCC(C)(C)C(=O)OCC(=O)OC1(C)C2CC3CC(C2)CC1C3.CCC(C)(C)C(=O)OCC(=O)OC1(CC)CC2CC1C1C3CCC(C3)C21.CCC(C)(C)C(=O)OCCCC(=O)OC1(C)C2CC3CC(C2)CC1C3.CCC(C)(C)C(=O)OCCOC(=O)C1CCCCC1C(=O)OCC(=O)OC(C)(C)C12CC3CC(CC(C3)C1)C2. The largest absolute Gasteiger partial charge is 0.465 e. The first kappa shape index (κ1) is 108. The summed E-state index contributed by atoms with van der Waals surface area (Å²) in [7, 11) is 0. The standard InChI is InChI=1S/C31H48O8.C22H34O4.C21H34O4.C20H32O4.C19H30O4/c1-6-29(2,3)28(35)37-12-11-36-26(33)23-9-7-8-10-24(23)27(34)38-19-25(32)39-30(4,5)31-16-20-13-21(17-31)15-22(14-20)18-31;1-5-21(3,4)20(24)25-12-17(23)26-22(6-2)11-15-10-16(22)19-14-8-7-13(9-14)18(15)19;1-5-20(2,3)19(23)24-8-6-7-18(22)25-21(4)16-10-14-9-15(12-16)13-17(21)11-14;1-6-19(3,4)18(22)23-12(2)17(21)24-20(5)15-8-13-7-14(10-15)11-16(20)9-13;1-5-18(2,3)17(21)22-11-16(20)23-19(4)14-7-12-6-13(9-14)10-15(19)8-12/h20-24H,6-19H2,1-5H3;13-16,18-19H,5-12H2,1-4H3;14-17H,5-13H2,1-4H3;12-16H,6-11H2,1-5H3;12-15H,5-11H2,1-4H3. The van der Waals surface area contributed by atoms with E-state index in [1.165, 1.54) is 141 Å². The van der Waals surface area contributed by atoms with E-state index >= 15 is 0 Å². The van der Waals surface area contributed by atoms with Gasteiger partial charge >= 0.3 is 71.6 Å². The molecule has 137 heavy (non-hydrogen) atoms. The molecule has 0 N–H and O–H groups in total. The monoisotopic (exact) mass is 1920 g/mol. The molecule has 21 aliphatic carbocycles. The smallest absolute Gasteiger partial charge is 0.347 e. The molecule has 0 aromatic carbocycles. The molecule has 0 radical (unpaired) electrons. The van der Waals surface area contributed by atoms with Gasteiger partial charge in [0.1, 0.15) is 41.2 Å². The molecule has 21 saturated carbocycles. The molecule has 21 aliphatic rings. The summed E-state index contributed by atoms with van der Waals surface area (Å²) < 4.78 is 67.2. The summed E-state index contributed by atoms with van der Waals surface area (Å²) in [6.07, 6.45) is 39.4. The number of hydrogen-bond acceptors (Lipinski definition) is 24. The van der Waals surface area contributed by atoms with Gasteiger partial charge in [0.05, 0.1) is 45.5 Å². The first-order valence-electron chi connectivity index (χ1n) is 54.6. The molecular formula is C113H178O24. The van der Waals surface area contributed by atoms with Gasteiger partial charge in [-0.2, -0.15) is 0 Å². The molecule has 24 nitrogen and oxygen atoms in total. The van der Waals surface area contributed by atoms with Crippen LogP contribution in [0.5, 0.6) is 0 Å². The normalized spacial score (nSPS) is 37.1. The van der Waals surface area contributed by atoms with Gasteiger partial charge < -0.3 is 56.8 Å². The van der Waals surface area contributed by atoms with Crippen molar-refractivity contribution in [2.75, 3.05) is 39.6 Å². The molecular weight excluding hydrogens is 1740 g/mol. The lowest BCUT2D eigenvalue weighted by Crippen LogP contribution is -2.58. The van der Waals surface area contributed by atoms with Gasteiger partial charge in [-0.25, -0.2) is 19.2 Å². The Hall–Kier alpha value is -6.36. The second-order valence-corrected chi connectivity index (χ2v) is 51.2. The Kier molecular flexibility index (Phi) is 33.8. The van der Waals surface area contributed by atoms with Gasteiger partial charge in [-0.15, -0.1) is 0 Å². The third kappa shape index (κ3) is 23.7. The maximum absolute atomic E-state index is 13.0. The molecule has 774 valence electrons. The molecule has 24 heteroatoms. The lowest BCUT2D eigenvalue weighted by Gasteiger charge is -2.61. The number of carbonyl (C=O) groups is 12. The number of esters is 12. The zero-order valence-electron chi connectivity index (χ0n) is 88.3. The molecule has 0 aromatic rings. The molecule has 0 aliphatic heterocycles. The van der Waals surface area contributed by atoms with Crippen LogP contribution in [-0.4, -0.2) is 145 Å². The summed E-state index contributed by atoms with van der Waals surface area (Å²) in [5.74, 6) is 9.51. The highest BCUT2D eigenvalue weighted by atomic mass is 16.6. The van der Waals surface area contributed by atoms with E-state index in [-0.39, 0.29) is 108 Å². The lowest BCUT2D eigenvalue weighted by atomic mass is 9.46. The zero-order chi connectivity index (χ0) is 99.9. The average molecular weight is 1920 g/mol. The highest BCUT2D eigenvalue weighted by Crippen LogP contribution is 2.72. The molecule has 0 aromatic heterocycles. The predicted octanol–water partition coefficient (Wildman–Crippen LogP) is 22.1. The number of carbonyl (C=O) groups excluding carboxylic acids is 12. The summed E-state index contributed by atoms with van der Waals surface area (Å²) >= 11 is 0. The molecule has 0 spiro atoms. The van der Waals surface area contributed by atoms with Crippen molar-refractivity contribution in [3.05, 3.63) is 0 Å². The Morgan fingerprint density at radius 3 is 1.08 bits per heavy atom. The minimum absolute atomic E-state index is 0.0141. The van der Waals surface area contributed by atoms with E-state index in [4.69, 9.17) is 56.8 Å². The quantitative estimate of drug-likeness (QED) is 0.0250. The van der Waals surface area contributed by atoms with Crippen molar-refractivity contribution in [1.82, 2.24) is 0 Å².